The number of nitrogens with two attached hydrogens (primary N) is 1. The summed E-state index contributed by atoms with van der Waals surface area (Å²) in [6.45, 7) is 0.722. The van der Waals surface area contributed by atoms with Crippen molar-refractivity contribution in [1.82, 2.24) is 9.21 Å². The highest BCUT2D eigenvalue weighted by atomic mass is 79.9. The van der Waals surface area contributed by atoms with Gasteiger partial charge < -0.3 is 20.7 Å². The first kappa shape index (κ1) is 18.1. The maximum Gasteiger partial charge on any atom is 0.262 e. The number of nitrogens with one attached hydrogen (secondary N) is 1. The van der Waals surface area contributed by atoms with Crippen LogP contribution in [0.2, 0.25) is 0 Å². The molecule has 2 aliphatic rings. The van der Waals surface area contributed by atoms with Crippen molar-refractivity contribution in [2.45, 2.75) is 4.90 Å². The summed E-state index contributed by atoms with van der Waals surface area (Å²) in [5, 5.41) is 2.63. The van der Waals surface area contributed by atoms with Gasteiger partial charge in [0, 0.05) is 36.7 Å². The van der Waals surface area contributed by atoms with E-state index >= 15 is 0 Å². The van der Waals surface area contributed by atoms with Crippen molar-refractivity contribution in [3.63, 3.8) is 0 Å². The molecule has 1 fully saturated rings. The van der Waals surface area contributed by atoms with Gasteiger partial charge in [-0.2, -0.15) is 4.31 Å². The summed E-state index contributed by atoms with van der Waals surface area (Å²) >= 11 is 3.25. The number of carbonyl (C=O) groups excluding carboxylic acids is 2. The molecule has 2 aliphatic heterocycles. The second kappa shape index (κ2) is 6.90. The zero-order valence-electron chi connectivity index (χ0n) is 13.2. The van der Waals surface area contributed by atoms with E-state index in [9.17, 15) is 18.0 Å². The minimum Gasteiger partial charge on any atom is -0.482 e. The van der Waals surface area contributed by atoms with Crippen LogP contribution in [-0.2, 0) is 19.6 Å². The van der Waals surface area contributed by atoms with Crippen LogP contribution in [0.25, 0.3) is 0 Å². The van der Waals surface area contributed by atoms with Crippen LogP contribution in [0.15, 0.2) is 21.5 Å². The highest BCUT2D eigenvalue weighted by Crippen LogP contribution is 2.37. The Morgan fingerprint density at radius 3 is 2.60 bits per heavy atom. The van der Waals surface area contributed by atoms with E-state index in [2.05, 4.69) is 21.2 Å². The Morgan fingerprint density at radius 2 is 1.96 bits per heavy atom. The topological polar surface area (TPSA) is 122 Å². The molecule has 25 heavy (non-hydrogen) atoms. The van der Waals surface area contributed by atoms with Crippen molar-refractivity contribution in [1.29, 1.82) is 0 Å². The van der Waals surface area contributed by atoms with E-state index in [1.807, 2.05) is 0 Å². The predicted octanol–water partition coefficient (Wildman–Crippen LogP) is -0.428. The number of nitrogens with zero attached hydrogens (tertiary/aromatic N) is 2. The average molecular weight is 433 g/mol. The van der Waals surface area contributed by atoms with Crippen LogP contribution in [0.1, 0.15) is 0 Å². The third kappa shape index (κ3) is 3.50. The maximum absolute atomic E-state index is 12.9. The molecule has 3 N–H and O–H groups in total. The number of carbonyl (C=O) groups is 2. The molecule has 0 aromatic heterocycles. The Morgan fingerprint density at radius 1 is 1.28 bits per heavy atom. The lowest BCUT2D eigenvalue weighted by Crippen LogP contribution is -2.51. The molecule has 2 heterocycles. The van der Waals surface area contributed by atoms with Gasteiger partial charge in [-0.05, 0) is 22.0 Å². The molecule has 0 spiro atoms. The molecular formula is C14H17BrN4O5S. The van der Waals surface area contributed by atoms with Crippen LogP contribution in [0.3, 0.4) is 0 Å². The van der Waals surface area contributed by atoms with Crippen molar-refractivity contribution in [3.8, 4) is 5.75 Å². The molecule has 9 nitrogen and oxygen atoms in total. The first-order chi connectivity index (χ1) is 11.8. The molecule has 136 valence electrons. The minimum atomic E-state index is -3.77. The Bertz CT molecular complexity index is 821. The highest BCUT2D eigenvalue weighted by molar-refractivity contribution is 9.10. The smallest absolute Gasteiger partial charge is 0.262 e. The van der Waals surface area contributed by atoms with Gasteiger partial charge in [-0.3, -0.25) is 9.59 Å². The van der Waals surface area contributed by atoms with E-state index in [0.29, 0.717) is 29.0 Å². The second-order valence-corrected chi connectivity index (χ2v) is 8.37. The van der Waals surface area contributed by atoms with E-state index in [0.717, 1.165) is 0 Å². The monoisotopic (exact) mass is 432 g/mol. The van der Waals surface area contributed by atoms with Crippen molar-refractivity contribution >= 4 is 43.5 Å². The summed E-state index contributed by atoms with van der Waals surface area (Å²) in [5.41, 5.74) is 5.75. The molecule has 0 saturated carbocycles. The number of piperazine rings is 1. The summed E-state index contributed by atoms with van der Waals surface area (Å²) in [5.74, 6) is -0.190. The van der Waals surface area contributed by atoms with Gasteiger partial charge in [-0.1, -0.05) is 0 Å². The Balaban J connectivity index is 1.84. The summed E-state index contributed by atoms with van der Waals surface area (Å²) < 4.78 is 32.8. The summed E-state index contributed by atoms with van der Waals surface area (Å²) in [7, 11) is -3.77. The van der Waals surface area contributed by atoms with Crippen LogP contribution in [0, 0.1) is 0 Å². The molecule has 0 bridgehead atoms. The van der Waals surface area contributed by atoms with Gasteiger partial charge in [0.25, 0.3) is 5.91 Å². The van der Waals surface area contributed by atoms with Gasteiger partial charge in [-0.25, -0.2) is 8.42 Å². The van der Waals surface area contributed by atoms with Gasteiger partial charge in [-0.15, -0.1) is 0 Å². The lowest BCUT2D eigenvalue weighted by Gasteiger charge is -2.34. The number of amides is 2. The van der Waals surface area contributed by atoms with Gasteiger partial charge in [0.2, 0.25) is 15.9 Å². The number of rotatable bonds is 3. The normalized spacial score (nSPS) is 18.3. The quantitative estimate of drug-likeness (QED) is 0.668. The standard InChI is InChI=1S/C14H17BrN4O5S/c15-9-5-10-11(24-8-13(20)17-10)6-12(9)25(22,23)19-3-1-18(2-4-19)14(21)7-16/h5-6H,1-4,7-8,16H2,(H,17,20). The van der Waals surface area contributed by atoms with E-state index in [4.69, 9.17) is 10.5 Å². The fourth-order valence-electron chi connectivity index (χ4n) is 2.73. The highest BCUT2D eigenvalue weighted by Gasteiger charge is 2.32. The van der Waals surface area contributed by atoms with Gasteiger partial charge in [0.1, 0.15) is 10.6 Å². The van der Waals surface area contributed by atoms with Gasteiger partial charge >= 0.3 is 0 Å². The lowest BCUT2D eigenvalue weighted by molar-refractivity contribution is -0.130. The predicted molar refractivity (Wildman–Crippen MR) is 92.7 cm³/mol. The molecule has 1 aromatic rings. The fraction of sp³-hybridized carbons (Fsp3) is 0.429. The molecule has 2 amide bonds. The minimum absolute atomic E-state index is 0.0565. The first-order valence-corrected chi connectivity index (χ1v) is 9.80. The number of hydrogen-bond donors (Lipinski definition) is 2. The number of ether oxygens (including phenoxy) is 1. The van der Waals surface area contributed by atoms with E-state index in [1.165, 1.54) is 16.4 Å². The summed E-state index contributed by atoms with van der Waals surface area (Å²) in [6.07, 6.45) is 0. The number of benzene rings is 1. The molecule has 3 rings (SSSR count). The van der Waals surface area contributed by atoms with Crippen LogP contribution in [0.4, 0.5) is 5.69 Å². The molecule has 0 aliphatic carbocycles. The number of halogens is 1. The van der Waals surface area contributed by atoms with Crippen LogP contribution in [0.5, 0.6) is 5.75 Å². The van der Waals surface area contributed by atoms with E-state index in [1.54, 1.807) is 4.90 Å². The number of anilines is 1. The van der Waals surface area contributed by atoms with Gasteiger partial charge in [0.05, 0.1) is 12.2 Å². The van der Waals surface area contributed by atoms with Crippen molar-refractivity contribution in [2.75, 3.05) is 44.6 Å². The van der Waals surface area contributed by atoms with Crippen molar-refractivity contribution in [2.24, 2.45) is 5.73 Å². The van der Waals surface area contributed by atoms with Crippen LogP contribution in [-0.4, -0.2) is 68.8 Å². The first-order valence-electron chi connectivity index (χ1n) is 7.57. The zero-order valence-corrected chi connectivity index (χ0v) is 15.6. The van der Waals surface area contributed by atoms with Crippen LogP contribution >= 0.6 is 15.9 Å². The Hall–Kier alpha value is -1.69. The largest absolute Gasteiger partial charge is 0.482 e. The van der Waals surface area contributed by atoms with E-state index in [-0.39, 0.29) is 43.0 Å². The summed E-state index contributed by atoms with van der Waals surface area (Å²) in [4.78, 5) is 24.6. The molecule has 11 heteroatoms. The maximum atomic E-state index is 12.9. The molecule has 0 radical (unpaired) electrons. The second-order valence-electron chi connectivity index (χ2n) is 5.60. The Kier molecular flexibility index (Phi) is 5.00. The Labute approximate surface area is 153 Å². The molecular weight excluding hydrogens is 416 g/mol. The SMILES string of the molecule is NCC(=O)N1CCN(S(=O)(=O)c2cc3c(cc2Br)NC(=O)CO3)CC1. The number of sulfonamides is 1. The number of hydrogen-bond acceptors (Lipinski definition) is 6. The van der Waals surface area contributed by atoms with Gasteiger partial charge in [0.15, 0.2) is 6.61 Å². The van der Waals surface area contributed by atoms with E-state index < -0.39 is 10.0 Å². The summed E-state index contributed by atoms with van der Waals surface area (Å²) in [6, 6.07) is 2.90. The molecule has 1 aromatic carbocycles. The fourth-order valence-corrected chi connectivity index (χ4v) is 5.17. The van der Waals surface area contributed by atoms with Crippen molar-refractivity contribution < 1.29 is 22.7 Å². The number of fused-ring (bicyclic) bond motifs is 1. The molecule has 0 atom stereocenters. The zero-order chi connectivity index (χ0) is 18.2. The third-order valence-electron chi connectivity index (χ3n) is 4.05. The van der Waals surface area contributed by atoms with Crippen LogP contribution < -0.4 is 15.8 Å². The van der Waals surface area contributed by atoms with Crippen molar-refractivity contribution in [3.05, 3.63) is 16.6 Å². The molecule has 1 saturated heterocycles. The average Bonchev–Trinajstić information content (AvgIpc) is 2.60. The third-order valence-corrected chi connectivity index (χ3v) is 6.91. The molecule has 0 unspecified atom stereocenters. The lowest BCUT2D eigenvalue weighted by atomic mass is 10.2.